The van der Waals surface area contributed by atoms with E-state index in [-0.39, 0.29) is 3.63 Å². The number of rotatable bonds is 6. The summed E-state index contributed by atoms with van der Waals surface area (Å²) >= 11 is -4.06. The standard InChI is InChI=1S/C29H23.C12H9Si.2ClH.Zr/c1-2-21-19-24-17-18-26(23-13-7-4-8-14-23)29(28(24)20-21)27-16-10-9-15-25(27)22-11-5-3-6-12-22;1-3-7-11-9(5-1)10-6-2-4-8-12(10)13-11;;;/h3-20H,2H2,1H3;1-7H,13H2;2*1H;/q;;;;+2/p-2. The normalized spacial score (nSPS) is 15.4. The third-order valence-electron chi connectivity index (χ3n) is 9.64. The van der Waals surface area contributed by atoms with Crippen molar-refractivity contribution in [1.29, 1.82) is 0 Å². The summed E-state index contributed by atoms with van der Waals surface area (Å²) in [7, 11) is 15.2. The van der Waals surface area contributed by atoms with Gasteiger partial charge in [-0.2, -0.15) is 0 Å². The van der Waals surface area contributed by atoms with Crippen LogP contribution in [0.25, 0.3) is 50.6 Å². The van der Waals surface area contributed by atoms with Crippen LogP contribution >= 0.6 is 17.0 Å². The molecule has 6 aromatic rings. The van der Waals surface area contributed by atoms with Crippen molar-refractivity contribution in [3.8, 4) is 44.5 Å². The van der Waals surface area contributed by atoms with Gasteiger partial charge in [-0.3, -0.25) is 0 Å². The van der Waals surface area contributed by atoms with E-state index < -0.39 is 27.4 Å². The Balaban J connectivity index is 1.35. The van der Waals surface area contributed by atoms with Crippen molar-refractivity contribution in [1.82, 2.24) is 0 Å². The molecular weight excluding hydrogens is 683 g/mol. The predicted molar refractivity (Wildman–Crippen MR) is 195 cm³/mol. The van der Waals surface area contributed by atoms with E-state index in [1.807, 2.05) is 0 Å². The Hall–Kier alpha value is -3.26. The molecule has 0 aromatic heterocycles. The van der Waals surface area contributed by atoms with Gasteiger partial charge in [0.15, 0.2) is 0 Å². The second-order valence-electron chi connectivity index (χ2n) is 12.1. The van der Waals surface area contributed by atoms with Crippen molar-refractivity contribution in [3.63, 3.8) is 0 Å². The molecule has 218 valence electrons. The van der Waals surface area contributed by atoms with Crippen molar-refractivity contribution in [2.75, 3.05) is 0 Å². The fourth-order valence-corrected chi connectivity index (χ4v) is 24.6. The van der Waals surface area contributed by atoms with E-state index in [0.717, 1.165) is 6.42 Å². The fourth-order valence-electron chi connectivity index (χ4n) is 7.59. The third-order valence-corrected chi connectivity index (χ3v) is 24.0. The van der Waals surface area contributed by atoms with Gasteiger partial charge in [0.1, 0.15) is 0 Å². The van der Waals surface area contributed by atoms with Gasteiger partial charge in [-0.1, -0.05) is 0 Å². The van der Waals surface area contributed by atoms with Crippen LogP contribution in [0.2, 0.25) is 0 Å². The summed E-state index contributed by atoms with van der Waals surface area (Å²) in [4.78, 5) is 0. The maximum absolute atomic E-state index is 7.93. The van der Waals surface area contributed by atoms with Crippen molar-refractivity contribution in [3.05, 3.63) is 156 Å². The van der Waals surface area contributed by atoms with E-state index in [2.05, 4.69) is 153 Å². The molecule has 0 saturated carbocycles. The molecule has 0 spiro atoms. The van der Waals surface area contributed by atoms with Gasteiger partial charge >= 0.3 is 282 Å². The van der Waals surface area contributed by atoms with Crippen LogP contribution in [-0.4, -0.2) is 9.52 Å². The molecule has 0 fully saturated rings. The number of hydrogen-bond donors (Lipinski definition) is 0. The van der Waals surface area contributed by atoms with Gasteiger partial charge in [0, 0.05) is 0 Å². The first kappa shape index (κ1) is 29.2. The first-order valence-corrected chi connectivity index (χ1v) is 26.1. The second-order valence-corrected chi connectivity index (χ2v) is 27.9. The molecule has 45 heavy (non-hydrogen) atoms. The number of allylic oxidation sites excluding steroid dienone is 1. The second kappa shape index (κ2) is 11.8. The molecule has 1 aliphatic carbocycles. The molecule has 0 nitrogen and oxygen atoms in total. The molecule has 1 atom stereocenters. The van der Waals surface area contributed by atoms with Gasteiger partial charge in [0.2, 0.25) is 0 Å². The third kappa shape index (κ3) is 4.90. The average Bonchev–Trinajstić information content (AvgIpc) is 3.67. The van der Waals surface area contributed by atoms with Gasteiger partial charge in [-0.05, 0) is 0 Å². The van der Waals surface area contributed by atoms with E-state index in [0.29, 0.717) is 0 Å². The Morgan fingerprint density at radius 1 is 0.578 bits per heavy atom. The molecule has 0 saturated heterocycles. The van der Waals surface area contributed by atoms with Crippen LogP contribution in [0.5, 0.6) is 0 Å². The predicted octanol–water partition coefficient (Wildman–Crippen LogP) is 9.42. The van der Waals surface area contributed by atoms with E-state index in [1.165, 1.54) is 74.9 Å². The fraction of sp³-hybridized carbons (Fsp3) is 0.0732. The molecule has 1 aliphatic heterocycles. The van der Waals surface area contributed by atoms with Gasteiger partial charge in [0.25, 0.3) is 0 Å². The zero-order valence-corrected chi connectivity index (χ0v) is 30.5. The van der Waals surface area contributed by atoms with Gasteiger partial charge < -0.3 is 0 Å². The SMILES string of the molecule is CCC1=Cc2c(ccc(-c3ccccc3)c2-c2ccccc2-c2ccccc2)[CH]1[Zr]([Cl])([Cl])[c]1cccc2c1[SiH2]c1ccccc1-2. The molecule has 1 unspecified atom stereocenters. The summed E-state index contributed by atoms with van der Waals surface area (Å²) in [6.45, 7) is 2.26. The van der Waals surface area contributed by atoms with Gasteiger partial charge in [0.05, 0.1) is 0 Å². The zero-order valence-electron chi connectivity index (χ0n) is 25.1. The topological polar surface area (TPSA) is 0 Å². The number of halogens is 2. The molecule has 4 heteroatoms. The van der Waals surface area contributed by atoms with Crippen LogP contribution in [0, 0.1) is 0 Å². The Morgan fingerprint density at radius 2 is 1.18 bits per heavy atom. The quantitative estimate of drug-likeness (QED) is 0.151. The average molecular weight is 715 g/mol. The van der Waals surface area contributed by atoms with Crippen LogP contribution in [-0.2, 0) is 17.9 Å². The molecule has 2 aliphatic rings. The van der Waals surface area contributed by atoms with Crippen molar-refractivity contribution >= 4 is 46.3 Å². The zero-order chi connectivity index (χ0) is 30.5. The van der Waals surface area contributed by atoms with Crippen LogP contribution < -0.4 is 13.6 Å². The number of hydrogen-bond acceptors (Lipinski definition) is 0. The molecule has 6 aromatic carbocycles. The van der Waals surface area contributed by atoms with E-state index in [1.54, 1.807) is 0 Å². The summed E-state index contributed by atoms with van der Waals surface area (Å²) < 4.78 is 1.34. The number of fused-ring (bicyclic) bond motifs is 4. The Kier molecular flexibility index (Phi) is 7.67. The molecule has 8 rings (SSSR count). The molecular formula is C41H32Cl2SiZr. The van der Waals surface area contributed by atoms with Crippen molar-refractivity contribution < 1.29 is 17.9 Å². The molecule has 0 radical (unpaired) electrons. The Labute approximate surface area is 279 Å². The summed E-state index contributed by atoms with van der Waals surface area (Å²) in [6.07, 6.45) is 3.36. The Morgan fingerprint density at radius 3 is 1.89 bits per heavy atom. The van der Waals surface area contributed by atoms with E-state index in [4.69, 9.17) is 17.0 Å². The molecule has 1 heterocycles. The van der Waals surface area contributed by atoms with E-state index >= 15 is 0 Å². The van der Waals surface area contributed by atoms with Crippen LogP contribution in [0.1, 0.15) is 28.1 Å². The summed E-state index contributed by atoms with van der Waals surface area (Å²) in [5, 5.41) is 2.97. The van der Waals surface area contributed by atoms with Crippen LogP contribution in [0.15, 0.2) is 145 Å². The van der Waals surface area contributed by atoms with Gasteiger partial charge in [-0.25, -0.2) is 0 Å². The summed E-state index contributed by atoms with van der Waals surface area (Å²) in [5.74, 6) is 0. The number of benzene rings is 6. The van der Waals surface area contributed by atoms with Gasteiger partial charge in [-0.15, -0.1) is 0 Å². The Bertz CT molecular complexity index is 2100. The van der Waals surface area contributed by atoms with Crippen LogP contribution in [0.4, 0.5) is 0 Å². The maximum atomic E-state index is 7.93. The minimum atomic E-state index is -4.06. The molecule has 0 N–H and O–H groups in total. The molecule has 0 bridgehead atoms. The minimum absolute atomic E-state index is 0.0549. The molecule has 0 amide bonds. The van der Waals surface area contributed by atoms with Crippen molar-refractivity contribution in [2.24, 2.45) is 0 Å². The van der Waals surface area contributed by atoms with E-state index in [9.17, 15) is 0 Å². The van der Waals surface area contributed by atoms with Crippen molar-refractivity contribution in [2.45, 2.75) is 17.0 Å². The first-order chi connectivity index (χ1) is 22.1. The summed E-state index contributed by atoms with van der Waals surface area (Å²) in [5.41, 5.74) is 14.1. The summed E-state index contributed by atoms with van der Waals surface area (Å²) in [6, 6.07) is 50.6. The monoisotopic (exact) mass is 712 g/mol. The van der Waals surface area contributed by atoms with Crippen LogP contribution in [0.3, 0.4) is 0 Å². The first-order valence-electron chi connectivity index (χ1n) is 15.7.